The predicted molar refractivity (Wildman–Crippen MR) is 64.3 cm³/mol. The molecular weight excluding hydrogens is 202 g/mol. The van der Waals surface area contributed by atoms with Gasteiger partial charge in [0.1, 0.15) is 5.76 Å². The van der Waals surface area contributed by atoms with E-state index in [0.717, 1.165) is 44.8 Å². The van der Waals surface area contributed by atoms with Crippen molar-refractivity contribution < 1.29 is 9.47 Å². The monoisotopic (exact) mass is 225 g/mol. The largest absolute Gasteiger partial charge is 0.497 e. The molecule has 0 aromatic heterocycles. The van der Waals surface area contributed by atoms with Gasteiger partial charge >= 0.3 is 0 Å². The summed E-state index contributed by atoms with van der Waals surface area (Å²) in [6.45, 7) is 7.06. The summed E-state index contributed by atoms with van der Waals surface area (Å²) < 4.78 is 11.5. The molecule has 2 rings (SSSR count). The summed E-state index contributed by atoms with van der Waals surface area (Å²) >= 11 is 0. The smallest absolute Gasteiger partial charge is 0.109 e. The van der Waals surface area contributed by atoms with E-state index < -0.39 is 0 Å². The van der Waals surface area contributed by atoms with Crippen LogP contribution in [0.5, 0.6) is 0 Å². The highest BCUT2D eigenvalue weighted by atomic mass is 16.5. The zero-order valence-corrected chi connectivity index (χ0v) is 10.4. The SMILES string of the molecule is CCNC(C1=CCCCO1)C1CCOC1C. The van der Waals surface area contributed by atoms with Crippen LogP contribution in [0.1, 0.15) is 33.1 Å². The number of hydrogen-bond acceptors (Lipinski definition) is 3. The number of rotatable bonds is 4. The van der Waals surface area contributed by atoms with E-state index >= 15 is 0 Å². The van der Waals surface area contributed by atoms with Crippen LogP contribution in [0, 0.1) is 5.92 Å². The molecule has 0 radical (unpaired) electrons. The quantitative estimate of drug-likeness (QED) is 0.794. The summed E-state index contributed by atoms with van der Waals surface area (Å²) in [5.41, 5.74) is 0. The van der Waals surface area contributed by atoms with Gasteiger partial charge in [0.2, 0.25) is 0 Å². The molecule has 0 amide bonds. The highest BCUT2D eigenvalue weighted by molar-refractivity contribution is 5.09. The summed E-state index contributed by atoms with van der Waals surface area (Å²) in [5, 5.41) is 3.55. The van der Waals surface area contributed by atoms with E-state index in [2.05, 4.69) is 25.2 Å². The summed E-state index contributed by atoms with van der Waals surface area (Å²) in [7, 11) is 0. The van der Waals surface area contributed by atoms with Crippen molar-refractivity contribution in [3.63, 3.8) is 0 Å². The molecule has 0 aromatic carbocycles. The Labute approximate surface area is 98.2 Å². The lowest BCUT2D eigenvalue weighted by atomic mass is 9.91. The Morgan fingerprint density at radius 3 is 2.94 bits per heavy atom. The second kappa shape index (κ2) is 5.69. The van der Waals surface area contributed by atoms with Gasteiger partial charge in [-0.15, -0.1) is 0 Å². The van der Waals surface area contributed by atoms with Gasteiger partial charge in [0.15, 0.2) is 0 Å². The Hall–Kier alpha value is -0.540. The minimum absolute atomic E-state index is 0.343. The lowest BCUT2D eigenvalue weighted by molar-refractivity contribution is 0.0842. The van der Waals surface area contributed by atoms with E-state index in [4.69, 9.17) is 9.47 Å². The highest BCUT2D eigenvalue weighted by Crippen LogP contribution is 2.29. The fourth-order valence-corrected chi connectivity index (χ4v) is 2.66. The Balaban J connectivity index is 2.06. The molecule has 2 aliphatic heterocycles. The maximum atomic E-state index is 5.80. The topological polar surface area (TPSA) is 30.5 Å². The molecule has 0 saturated carbocycles. The van der Waals surface area contributed by atoms with E-state index in [0.29, 0.717) is 18.1 Å². The van der Waals surface area contributed by atoms with Crippen molar-refractivity contribution in [1.29, 1.82) is 0 Å². The average Bonchev–Trinajstić information content (AvgIpc) is 2.73. The molecule has 2 aliphatic rings. The molecule has 2 heterocycles. The zero-order chi connectivity index (χ0) is 11.4. The fraction of sp³-hybridized carbons (Fsp3) is 0.846. The Kier molecular flexibility index (Phi) is 4.24. The molecular formula is C13H23NO2. The molecule has 3 atom stereocenters. The molecule has 0 aromatic rings. The van der Waals surface area contributed by atoms with Crippen molar-refractivity contribution in [3.8, 4) is 0 Å². The maximum Gasteiger partial charge on any atom is 0.109 e. The molecule has 1 saturated heterocycles. The van der Waals surface area contributed by atoms with E-state index in [-0.39, 0.29) is 0 Å². The second-order valence-electron chi connectivity index (χ2n) is 4.66. The Morgan fingerprint density at radius 2 is 2.38 bits per heavy atom. The number of likely N-dealkylation sites (N-methyl/N-ethyl adjacent to an activating group) is 1. The van der Waals surface area contributed by atoms with Crippen LogP contribution >= 0.6 is 0 Å². The first-order valence-electron chi connectivity index (χ1n) is 6.50. The standard InChI is InChI=1S/C13H23NO2/c1-3-14-13(11-7-9-15-10(11)2)12-6-4-5-8-16-12/h6,10-11,13-14H,3-5,7-9H2,1-2H3. The first-order chi connectivity index (χ1) is 7.83. The normalized spacial score (nSPS) is 32.0. The van der Waals surface area contributed by atoms with Crippen LogP contribution in [0.3, 0.4) is 0 Å². The van der Waals surface area contributed by atoms with Crippen molar-refractivity contribution in [2.24, 2.45) is 5.92 Å². The van der Waals surface area contributed by atoms with Gasteiger partial charge < -0.3 is 14.8 Å². The molecule has 0 aliphatic carbocycles. The van der Waals surface area contributed by atoms with Gasteiger partial charge in [-0.05, 0) is 38.8 Å². The van der Waals surface area contributed by atoms with E-state index in [1.165, 1.54) is 0 Å². The number of nitrogens with one attached hydrogen (secondary N) is 1. The second-order valence-corrected chi connectivity index (χ2v) is 4.66. The third kappa shape index (κ3) is 2.58. The van der Waals surface area contributed by atoms with Crippen LogP contribution < -0.4 is 5.32 Å². The fourth-order valence-electron chi connectivity index (χ4n) is 2.66. The van der Waals surface area contributed by atoms with Crippen LogP contribution in [0.15, 0.2) is 11.8 Å². The summed E-state index contributed by atoms with van der Waals surface area (Å²) in [6.07, 6.45) is 6.04. The molecule has 1 fully saturated rings. The van der Waals surface area contributed by atoms with Gasteiger partial charge in [0.25, 0.3) is 0 Å². The van der Waals surface area contributed by atoms with E-state index in [1.54, 1.807) is 0 Å². The zero-order valence-electron chi connectivity index (χ0n) is 10.4. The van der Waals surface area contributed by atoms with Crippen LogP contribution in [-0.4, -0.2) is 31.9 Å². The van der Waals surface area contributed by atoms with Crippen LogP contribution in [0.4, 0.5) is 0 Å². The molecule has 0 bridgehead atoms. The van der Waals surface area contributed by atoms with Crippen molar-refractivity contribution in [3.05, 3.63) is 11.8 Å². The molecule has 0 spiro atoms. The van der Waals surface area contributed by atoms with Crippen molar-refractivity contribution >= 4 is 0 Å². The van der Waals surface area contributed by atoms with Gasteiger partial charge in [-0.25, -0.2) is 0 Å². The highest BCUT2D eigenvalue weighted by Gasteiger charge is 2.34. The summed E-state index contributed by atoms with van der Waals surface area (Å²) in [6, 6.07) is 0.350. The molecule has 3 heteroatoms. The lowest BCUT2D eigenvalue weighted by Gasteiger charge is -2.30. The molecule has 3 nitrogen and oxygen atoms in total. The van der Waals surface area contributed by atoms with Crippen LogP contribution in [0.25, 0.3) is 0 Å². The average molecular weight is 225 g/mol. The van der Waals surface area contributed by atoms with Gasteiger partial charge in [-0.2, -0.15) is 0 Å². The number of allylic oxidation sites excluding steroid dienone is 1. The summed E-state index contributed by atoms with van der Waals surface area (Å²) in [5.74, 6) is 1.71. The summed E-state index contributed by atoms with van der Waals surface area (Å²) in [4.78, 5) is 0. The van der Waals surface area contributed by atoms with Gasteiger partial charge in [0, 0.05) is 12.5 Å². The first kappa shape index (κ1) is 11.9. The Morgan fingerprint density at radius 1 is 1.50 bits per heavy atom. The van der Waals surface area contributed by atoms with Crippen molar-refractivity contribution in [2.75, 3.05) is 19.8 Å². The lowest BCUT2D eigenvalue weighted by Crippen LogP contribution is -2.41. The minimum Gasteiger partial charge on any atom is -0.497 e. The number of hydrogen-bond donors (Lipinski definition) is 1. The van der Waals surface area contributed by atoms with E-state index in [9.17, 15) is 0 Å². The molecule has 3 unspecified atom stereocenters. The van der Waals surface area contributed by atoms with Gasteiger partial charge in [-0.1, -0.05) is 6.92 Å². The molecule has 92 valence electrons. The van der Waals surface area contributed by atoms with Crippen LogP contribution in [-0.2, 0) is 9.47 Å². The van der Waals surface area contributed by atoms with E-state index in [1.807, 2.05) is 0 Å². The Bertz CT molecular complexity index is 252. The maximum absolute atomic E-state index is 5.80. The predicted octanol–water partition coefficient (Wildman–Crippen LogP) is 2.08. The molecule has 16 heavy (non-hydrogen) atoms. The third-order valence-electron chi connectivity index (χ3n) is 3.56. The van der Waals surface area contributed by atoms with Crippen molar-refractivity contribution in [1.82, 2.24) is 5.32 Å². The first-order valence-corrected chi connectivity index (χ1v) is 6.50. The van der Waals surface area contributed by atoms with Gasteiger partial charge in [0.05, 0.1) is 18.8 Å². The molecule has 1 N–H and O–H groups in total. The van der Waals surface area contributed by atoms with Crippen LogP contribution in [0.2, 0.25) is 0 Å². The van der Waals surface area contributed by atoms with Gasteiger partial charge in [-0.3, -0.25) is 0 Å². The minimum atomic E-state index is 0.343. The third-order valence-corrected chi connectivity index (χ3v) is 3.56. The van der Waals surface area contributed by atoms with Crippen molar-refractivity contribution in [2.45, 2.75) is 45.3 Å². The number of ether oxygens (including phenoxy) is 2.